The van der Waals surface area contributed by atoms with Crippen LogP contribution >= 0.6 is 23.5 Å². The fourth-order valence-electron chi connectivity index (χ4n) is 1.62. The number of carbonyl (C=O) groups is 2. The zero-order valence-electron chi connectivity index (χ0n) is 9.14. The van der Waals surface area contributed by atoms with Gasteiger partial charge in [-0.1, -0.05) is 23.5 Å². The molecule has 2 aliphatic rings. The number of thioether (sulfide) groups is 2. The van der Waals surface area contributed by atoms with Crippen LogP contribution in [0.5, 0.6) is 0 Å². The molecule has 0 aliphatic carbocycles. The van der Waals surface area contributed by atoms with Gasteiger partial charge in [0.2, 0.25) is 11.8 Å². The lowest BCUT2D eigenvalue weighted by Gasteiger charge is -2.12. The Morgan fingerprint density at radius 3 is 2.69 bits per heavy atom. The molecule has 4 nitrogen and oxygen atoms in total. The molecule has 0 saturated carbocycles. The number of hydrogen-bond donors (Lipinski definition) is 0. The maximum absolute atomic E-state index is 11.3. The molecule has 0 N–H and O–H groups in total. The van der Waals surface area contributed by atoms with Crippen molar-refractivity contribution in [3.63, 3.8) is 0 Å². The molecule has 16 heavy (non-hydrogen) atoms. The van der Waals surface area contributed by atoms with Crippen molar-refractivity contribution in [2.24, 2.45) is 4.99 Å². The van der Waals surface area contributed by atoms with Gasteiger partial charge in [0, 0.05) is 30.9 Å². The minimum absolute atomic E-state index is 0.0278. The third-order valence-corrected chi connectivity index (χ3v) is 4.92. The number of amides is 2. The highest BCUT2D eigenvalue weighted by atomic mass is 32.2. The quantitative estimate of drug-likeness (QED) is 0.717. The van der Waals surface area contributed by atoms with Crippen molar-refractivity contribution in [3.05, 3.63) is 0 Å². The number of carbonyl (C=O) groups excluding carboxylic acids is 2. The smallest absolute Gasteiger partial charge is 0.229 e. The highest BCUT2D eigenvalue weighted by molar-refractivity contribution is 8.39. The van der Waals surface area contributed by atoms with Crippen LogP contribution in [0, 0.1) is 0 Å². The van der Waals surface area contributed by atoms with Crippen LogP contribution in [0.2, 0.25) is 0 Å². The van der Waals surface area contributed by atoms with E-state index in [1.165, 1.54) is 4.90 Å². The van der Waals surface area contributed by atoms with E-state index in [1.54, 1.807) is 23.5 Å². The van der Waals surface area contributed by atoms with E-state index in [2.05, 4.69) is 11.9 Å². The highest BCUT2D eigenvalue weighted by Crippen LogP contribution is 2.26. The number of nitrogens with zero attached hydrogens (tertiary/aromatic N) is 2. The topological polar surface area (TPSA) is 49.7 Å². The van der Waals surface area contributed by atoms with Gasteiger partial charge in [0.15, 0.2) is 0 Å². The SMILES string of the molecule is CC1CSC(SCCN2C(=O)CCC2=O)=N1. The lowest BCUT2D eigenvalue weighted by atomic mass is 10.4. The minimum Gasteiger partial charge on any atom is -0.282 e. The van der Waals surface area contributed by atoms with Crippen molar-refractivity contribution in [2.75, 3.05) is 18.1 Å². The van der Waals surface area contributed by atoms with Crippen molar-refractivity contribution in [1.29, 1.82) is 0 Å². The van der Waals surface area contributed by atoms with Crippen LogP contribution in [0.25, 0.3) is 0 Å². The van der Waals surface area contributed by atoms with E-state index in [1.807, 2.05) is 0 Å². The van der Waals surface area contributed by atoms with Gasteiger partial charge in [-0.15, -0.1) is 0 Å². The van der Waals surface area contributed by atoms with Gasteiger partial charge in [0.25, 0.3) is 0 Å². The van der Waals surface area contributed by atoms with E-state index in [9.17, 15) is 9.59 Å². The summed E-state index contributed by atoms with van der Waals surface area (Å²) >= 11 is 3.40. The molecular formula is C10H14N2O2S2. The van der Waals surface area contributed by atoms with Gasteiger partial charge in [-0.3, -0.25) is 19.5 Å². The molecule has 1 saturated heterocycles. The van der Waals surface area contributed by atoms with Gasteiger partial charge in [0.05, 0.1) is 6.04 Å². The first-order valence-corrected chi connectivity index (χ1v) is 7.30. The molecule has 88 valence electrons. The van der Waals surface area contributed by atoms with Crippen LogP contribution < -0.4 is 0 Å². The maximum atomic E-state index is 11.3. The molecule has 6 heteroatoms. The van der Waals surface area contributed by atoms with E-state index >= 15 is 0 Å². The summed E-state index contributed by atoms with van der Waals surface area (Å²) < 4.78 is 1.09. The Morgan fingerprint density at radius 2 is 2.12 bits per heavy atom. The fourth-order valence-corrected chi connectivity index (χ4v) is 3.83. The molecule has 2 aliphatic heterocycles. The number of hydrogen-bond acceptors (Lipinski definition) is 5. The Hall–Kier alpha value is -0.490. The van der Waals surface area contributed by atoms with Crippen molar-refractivity contribution in [3.8, 4) is 0 Å². The van der Waals surface area contributed by atoms with Gasteiger partial charge < -0.3 is 0 Å². The third-order valence-electron chi connectivity index (χ3n) is 2.47. The lowest BCUT2D eigenvalue weighted by molar-refractivity contribution is -0.137. The van der Waals surface area contributed by atoms with E-state index in [0.29, 0.717) is 25.4 Å². The van der Waals surface area contributed by atoms with Gasteiger partial charge >= 0.3 is 0 Å². The molecule has 2 amide bonds. The second-order valence-electron chi connectivity index (χ2n) is 3.84. The van der Waals surface area contributed by atoms with Crippen molar-refractivity contribution < 1.29 is 9.59 Å². The average Bonchev–Trinajstić information content (AvgIpc) is 2.78. The van der Waals surface area contributed by atoms with Gasteiger partial charge in [0.1, 0.15) is 4.38 Å². The molecule has 0 bridgehead atoms. The van der Waals surface area contributed by atoms with Gasteiger partial charge in [-0.2, -0.15) is 0 Å². The minimum atomic E-state index is -0.0278. The molecule has 0 radical (unpaired) electrons. The summed E-state index contributed by atoms with van der Waals surface area (Å²) in [5, 5.41) is 0. The number of aliphatic imine (C=N–C) groups is 1. The van der Waals surface area contributed by atoms with Crippen LogP contribution in [0.4, 0.5) is 0 Å². The van der Waals surface area contributed by atoms with Gasteiger partial charge in [-0.25, -0.2) is 0 Å². The summed E-state index contributed by atoms with van der Waals surface area (Å²) in [7, 11) is 0. The molecule has 0 aromatic carbocycles. The third kappa shape index (κ3) is 2.79. The Morgan fingerprint density at radius 1 is 1.44 bits per heavy atom. The summed E-state index contributed by atoms with van der Waals surface area (Å²) in [4.78, 5) is 28.5. The maximum Gasteiger partial charge on any atom is 0.229 e. The number of rotatable bonds is 3. The number of likely N-dealkylation sites (tertiary alicyclic amines) is 1. The van der Waals surface area contributed by atoms with Crippen LogP contribution in [0.15, 0.2) is 4.99 Å². The summed E-state index contributed by atoms with van der Waals surface area (Å²) in [6.07, 6.45) is 0.770. The molecule has 2 heterocycles. The summed E-state index contributed by atoms with van der Waals surface area (Å²) in [5.74, 6) is 1.75. The van der Waals surface area contributed by atoms with Crippen molar-refractivity contribution in [1.82, 2.24) is 4.90 Å². The first-order valence-electron chi connectivity index (χ1n) is 5.33. The standard InChI is InChI=1S/C10H14N2O2S2/c1-7-6-16-10(11-7)15-5-4-12-8(13)2-3-9(12)14/h7H,2-6H2,1H3. The average molecular weight is 258 g/mol. The van der Waals surface area contributed by atoms with Crippen LogP contribution in [0.3, 0.4) is 0 Å². The monoisotopic (exact) mass is 258 g/mol. The Balaban J connectivity index is 1.74. The first-order chi connectivity index (χ1) is 7.66. The van der Waals surface area contributed by atoms with Crippen molar-refractivity contribution >= 4 is 39.7 Å². The predicted molar refractivity (Wildman–Crippen MR) is 67.8 cm³/mol. The number of imide groups is 1. The first kappa shape index (κ1) is 12.0. The zero-order valence-corrected chi connectivity index (χ0v) is 10.8. The van der Waals surface area contributed by atoms with Gasteiger partial charge in [-0.05, 0) is 6.92 Å². The molecular weight excluding hydrogens is 244 g/mol. The predicted octanol–water partition coefficient (Wildman–Crippen LogP) is 1.36. The zero-order chi connectivity index (χ0) is 11.5. The second-order valence-corrected chi connectivity index (χ2v) is 6.19. The van der Waals surface area contributed by atoms with Crippen LogP contribution in [0.1, 0.15) is 19.8 Å². The molecule has 1 atom stereocenters. The Kier molecular flexibility index (Phi) is 3.91. The van der Waals surface area contributed by atoms with E-state index < -0.39 is 0 Å². The Labute approximate surface area is 103 Å². The van der Waals surface area contributed by atoms with Crippen LogP contribution in [-0.4, -0.2) is 45.2 Å². The molecule has 2 rings (SSSR count). The molecule has 0 aromatic heterocycles. The largest absolute Gasteiger partial charge is 0.282 e. The summed E-state index contributed by atoms with van der Waals surface area (Å²) in [5.41, 5.74) is 0. The van der Waals surface area contributed by atoms with E-state index in [-0.39, 0.29) is 11.8 Å². The molecule has 0 aromatic rings. The second kappa shape index (κ2) is 5.23. The fraction of sp³-hybridized carbons (Fsp3) is 0.700. The molecule has 0 spiro atoms. The van der Waals surface area contributed by atoms with Crippen LogP contribution in [-0.2, 0) is 9.59 Å². The summed E-state index contributed by atoms with van der Waals surface area (Å²) in [6, 6.07) is 0.405. The van der Waals surface area contributed by atoms with E-state index in [4.69, 9.17) is 0 Å². The summed E-state index contributed by atoms with van der Waals surface area (Å²) in [6.45, 7) is 2.62. The van der Waals surface area contributed by atoms with E-state index in [0.717, 1.165) is 15.9 Å². The highest BCUT2D eigenvalue weighted by Gasteiger charge is 2.28. The Bertz CT molecular complexity index is 328. The normalized spacial score (nSPS) is 25.4. The lowest BCUT2D eigenvalue weighted by Crippen LogP contribution is -2.31. The molecule has 1 unspecified atom stereocenters. The van der Waals surface area contributed by atoms with Crippen molar-refractivity contribution in [2.45, 2.75) is 25.8 Å². The molecule has 1 fully saturated rings.